The lowest BCUT2D eigenvalue weighted by atomic mass is 9.86. The molecule has 14 nitrogen and oxygen atoms in total. The number of aliphatic imine (C=N–C) groups is 1. The number of carboxylic acid groups (broad SMARTS) is 1. The molecule has 0 unspecified atom stereocenters. The number of allylic oxidation sites excluding steroid dienone is 1. The monoisotopic (exact) mass is 841 g/mol. The molecule has 1 heterocycles. The number of hydrogen-bond donors (Lipinski definition) is 3. The highest BCUT2D eigenvalue weighted by Crippen LogP contribution is 2.33. The first kappa shape index (κ1) is 45.2. The normalized spacial score (nSPS) is 12.5. The summed E-state index contributed by atoms with van der Waals surface area (Å²) in [5.41, 5.74) is 4.75. The molecule has 3 aromatic carbocycles. The Balaban J connectivity index is 0.996. The number of ketones is 1. The van der Waals surface area contributed by atoms with Crippen molar-refractivity contribution in [3.63, 3.8) is 0 Å². The molecule has 15 heteroatoms. The van der Waals surface area contributed by atoms with Gasteiger partial charge in [-0.2, -0.15) is 8.42 Å². The van der Waals surface area contributed by atoms with E-state index in [0.29, 0.717) is 54.4 Å². The lowest BCUT2D eigenvalue weighted by molar-refractivity contribution is -0.136. The number of ether oxygens (including phenoxy) is 4. The van der Waals surface area contributed by atoms with E-state index in [2.05, 4.69) is 21.9 Å². The van der Waals surface area contributed by atoms with Crippen LogP contribution in [0.3, 0.4) is 0 Å². The minimum Gasteiger partial charge on any atom is -0.493 e. The summed E-state index contributed by atoms with van der Waals surface area (Å²) in [5, 5.41) is 12.1. The molecule has 1 aromatic heterocycles. The van der Waals surface area contributed by atoms with Gasteiger partial charge in [-0.3, -0.25) is 28.9 Å². The number of hydrogen-bond acceptors (Lipinski definition) is 11. The van der Waals surface area contributed by atoms with Crippen molar-refractivity contribution >= 4 is 34.0 Å². The Morgan fingerprint density at radius 1 is 0.850 bits per heavy atom. The van der Waals surface area contributed by atoms with Crippen molar-refractivity contribution in [3.8, 4) is 17.2 Å². The SMILES string of the molecule is C=CCc1c(OCCCCCOc2cccc(OCCOCCNC(=O)c3ccc(CN=Cc4ccccc4S(=O)(=O)O)nc3)c2CCC(=O)O)ccc2c1CCCC2=O. The summed E-state index contributed by atoms with van der Waals surface area (Å²) in [6, 6.07) is 18.3. The number of rotatable bonds is 25. The maximum atomic E-state index is 12.6. The number of carboxylic acids is 1. The standard InChI is InChI=1S/C45H51N3O11S/c1-2-10-37-35-12-8-13-39(49)36(35)19-21-42(37)58-25-7-3-6-24-57-40-14-9-15-41(38(40)20-22-44(50)51)59-28-27-56-26-23-47-45(52)33-17-18-34(48-30-33)31-46-29-32-11-4-5-16-43(32)60(53,54)55/h2,4-5,9,11,14-19,21,29-30H,1,3,6-8,10,12-13,20,22-28,31H2,(H,47,52)(H,50,51)(H,53,54,55). The minimum atomic E-state index is -4.39. The molecule has 1 amide bonds. The van der Waals surface area contributed by atoms with Crippen molar-refractivity contribution in [3.05, 3.63) is 125 Å². The van der Waals surface area contributed by atoms with E-state index in [9.17, 15) is 32.5 Å². The Labute approximate surface area is 350 Å². The van der Waals surface area contributed by atoms with Crippen LogP contribution in [0.4, 0.5) is 0 Å². The minimum absolute atomic E-state index is 0.0874. The second-order valence-corrected chi connectivity index (χ2v) is 15.3. The average Bonchev–Trinajstić information content (AvgIpc) is 3.23. The summed E-state index contributed by atoms with van der Waals surface area (Å²) in [5.74, 6) is 0.823. The molecule has 0 saturated heterocycles. The highest BCUT2D eigenvalue weighted by atomic mass is 32.2. The summed E-state index contributed by atoms with van der Waals surface area (Å²) in [6.07, 6.45) is 10.2. The van der Waals surface area contributed by atoms with Gasteiger partial charge >= 0.3 is 5.97 Å². The number of Topliss-reactive ketones (excluding diaryl/α,β-unsaturated/α-hetero) is 1. The van der Waals surface area contributed by atoms with Crippen LogP contribution in [0.15, 0.2) is 95.5 Å². The van der Waals surface area contributed by atoms with E-state index in [1.807, 2.05) is 24.3 Å². The van der Waals surface area contributed by atoms with Gasteiger partial charge in [0.2, 0.25) is 0 Å². The van der Waals surface area contributed by atoms with E-state index < -0.39 is 16.1 Å². The third-order valence-electron chi connectivity index (χ3n) is 9.64. The number of carbonyl (C=O) groups excluding carboxylic acids is 2. The fourth-order valence-electron chi connectivity index (χ4n) is 6.68. The Kier molecular flexibility index (Phi) is 17.4. The molecule has 60 heavy (non-hydrogen) atoms. The Bertz CT molecular complexity index is 2240. The van der Waals surface area contributed by atoms with E-state index in [1.165, 1.54) is 30.6 Å². The second-order valence-electron chi connectivity index (χ2n) is 14.0. The van der Waals surface area contributed by atoms with E-state index in [-0.39, 0.29) is 67.9 Å². The number of pyridine rings is 1. The van der Waals surface area contributed by atoms with Gasteiger partial charge in [0, 0.05) is 54.1 Å². The quantitative estimate of drug-likeness (QED) is 0.0278. The lowest BCUT2D eigenvalue weighted by Crippen LogP contribution is -2.27. The fourth-order valence-corrected chi connectivity index (χ4v) is 7.35. The topological polar surface area (TPSA) is 200 Å². The number of aromatic nitrogens is 1. The Morgan fingerprint density at radius 2 is 1.58 bits per heavy atom. The number of carbonyl (C=O) groups is 3. The van der Waals surface area contributed by atoms with Gasteiger partial charge in [-0.05, 0) is 93.0 Å². The van der Waals surface area contributed by atoms with Gasteiger partial charge in [-0.1, -0.05) is 30.3 Å². The van der Waals surface area contributed by atoms with Crippen LogP contribution in [0.5, 0.6) is 17.2 Å². The van der Waals surface area contributed by atoms with Gasteiger partial charge in [0.15, 0.2) is 5.78 Å². The zero-order valence-corrected chi connectivity index (χ0v) is 34.3. The van der Waals surface area contributed by atoms with Crippen molar-refractivity contribution < 1.29 is 51.4 Å². The average molecular weight is 842 g/mol. The van der Waals surface area contributed by atoms with Gasteiger partial charge in [0.05, 0.1) is 44.2 Å². The molecule has 0 fully saturated rings. The van der Waals surface area contributed by atoms with Crippen LogP contribution >= 0.6 is 0 Å². The molecular weight excluding hydrogens is 791 g/mol. The molecule has 1 aliphatic carbocycles. The molecule has 0 radical (unpaired) electrons. The third-order valence-corrected chi connectivity index (χ3v) is 10.6. The van der Waals surface area contributed by atoms with Gasteiger partial charge in [0.25, 0.3) is 16.0 Å². The molecule has 0 aliphatic heterocycles. The van der Waals surface area contributed by atoms with Crippen LogP contribution in [0, 0.1) is 0 Å². The molecule has 0 atom stereocenters. The van der Waals surface area contributed by atoms with Gasteiger partial charge in [-0.25, -0.2) is 0 Å². The number of benzene rings is 3. The first-order valence-electron chi connectivity index (χ1n) is 19.9. The van der Waals surface area contributed by atoms with Crippen molar-refractivity contribution in [2.75, 3.05) is 39.6 Å². The van der Waals surface area contributed by atoms with Gasteiger partial charge in [0.1, 0.15) is 28.8 Å². The Morgan fingerprint density at radius 3 is 2.28 bits per heavy atom. The molecule has 0 spiro atoms. The van der Waals surface area contributed by atoms with Crippen molar-refractivity contribution in [1.82, 2.24) is 10.3 Å². The first-order valence-corrected chi connectivity index (χ1v) is 21.4. The first-order chi connectivity index (χ1) is 29.0. The summed E-state index contributed by atoms with van der Waals surface area (Å²) < 4.78 is 56.4. The molecule has 5 rings (SSSR count). The molecular formula is C45H51N3O11S. The van der Waals surface area contributed by atoms with Crippen LogP contribution in [-0.4, -0.2) is 86.5 Å². The molecule has 1 aliphatic rings. The lowest BCUT2D eigenvalue weighted by Gasteiger charge is -2.21. The second kappa shape index (κ2) is 23.0. The van der Waals surface area contributed by atoms with Crippen molar-refractivity contribution in [2.24, 2.45) is 4.99 Å². The van der Waals surface area contributed by atoms with Crippen LogP contribution < -0.4 is 19.5 Å². The number of nitrogens with zero attached hydrogens (tertiary/aromatic N) is 2. The highest BCUT2D eigenvalue weighted by molar-refractivity contribution is 7.86. The van der Waals surface area contributed by atoms with Crippen LogP contribution in [0.2, 0.25) is 0 Å². The highest BCUT2D eigenvalue weighted by Gasteiger charge is 2.22. The fraction of sp³-hybridized carbons (Fsp3) is 0.356. The van der Waals surface area contributed by atoms with Crippen LogP contribution in [-0.2, 0) is 45.5 Å². The molecule has 3 N–H and O–H groups in total. The molecule has 318 valence electrons. The predicted octanol–water partition coefficient (Wildman–Crippen LogP) is 6.67. The van der Waals surface area contributed by atoms with E-state index >= 15 is 0 Å². The molecule has 4 aromatic rings. The van der Waals surface area contributed by atoms with Crippen LogP contribution in [0.25, 0.3) is 0 Å². The van der Waals surface area contributed by atoms with E-state index in [0.717, 1.165) is 54.5 Å². The van der Waals surface area contributed by atoms with Gasteiger partial charge < -0.3 is 29.4 Å². The summed E-state index contributed by atoms with van der Waals surface area (Å²) in [7, 11) is -4.39. The van der Waals surface area contributed by atoms with E-state index in [1.54, 1.807) is 30.3 Å². The smallest absolute Gasteiger partial charge is 0.303 e. The predicted molar refractivity (Wildman–Crippen MR) is 225 cm³/mol. The molecule has 0 saturated carbocycles. The van der Waals surface area contributed by atoms with Crippen molar-refractivity contribution in [1.29, 1.82) is 0 Å². The zero-order valence-electron chi connectivity index (χ0n) is 33.5. The van der Waals surface area contributed by atoms with Gasteiger partial charge in [-0.15, -0.1) is 6.58 Å². The maximum Gasteiger partial charge on any atom is 0.303 e. The zero-order chi connectivity index (χ0) is 42.7. The summed E-state index contributed by atoms with van der Waals surface area (Å²) in [6.45, 7) is 5.88. The summed E-state index contributed by atoms with van der Waals surface area (Å²) in [4.78, 5) is 44.6. The number of unbranched alkanes of at least 4 members (excludes halogenated alkanes) is 2. The third kappa shape index (κ3) is 13.6. The summed E-state index contributed by atoms with van der Waals surface area (Å²) >= 11 is 0. The maximum absolute atomic E-state index is 12.6. The largest absolute Gasteiger partial charge is 0.493 e. The van der Waals surface area contributed by atoms with E-state index in [4.69, 9.17) is 18.9 Å². The number of nitrogens with one attached hydrogen (secondary N) is 1. The Hall–Kier alpha value is -5.90. The number of aliphatic carboxylic acids is 1. The molecule has 0 bridgehead atoms. The number of fused-ring (bicyclic) bond motifs is 1. The number of amides is 1. The van der Waals surface area contributed by atoms with Crippen LogP contribution in [0.1, 0.15) is 87.2 Å². The van der Waals surface area contributed by atoms with Crippen molar-refractivity contribution in [2.45, 2.75) is 69.2 Å².